The van der Waals surface area contributed by atoms with E-state index in [2.05, 4.69) is 22.3 Å². The maximum atomic E-state index is 12.2. The molecule has 1 aliphatic rings. The second kappa shape index (κ2) is 8.55. The van der Waals surface area contributed by atoms with E-state index < -0.39 is 4.92 Å². The van der Waals surface area contributed by atoms with Crippen molar-refractivity contribution >= 4 is 11.6 Å². The zero-order valence-corrected chi connectivity index (χ0v) is 14.3. The Hall–Kier alpha value is -2.77. The third-order valence-electron chi connectivity index (χ3n) is 4.30. The number of ether oxygens (including phenoxy) is 1. The third-order valence-corrected chi connectivity index (χ3v) is 4.30. The number of non-ortho nitro benzene ring substituents is 1. The molecule has 1 saturated heterocycles. The molecule has 0 bridgehead atoms. The van der Waals surface area contributed by atoms with Crippen LogP contribution in [0.2, 0.25) is 0 Å². The van der Waals surface area contributed by atoms with Crippen LogP contribution in [0.25, 0.3) is 0 Å². The Morgan fingerprint density at radius 3 is 2.62 bits per heavy atom. The summed E-state index contributed by atoms with van der Waals surface area (Å²) in [6.07, 6.45) is -0.0746. The molecule has 1 fully saturated rings. The predicted molar refractivity (Wildman–Crippen MR) is 96.9 cm³/mol. The van der Waals surface area contributed by atoms with Crippen molar-refractivity contribution in [2.45, 2.75) is 12.6 Å². The Bertz CT molecular complexity index is 749. The van der Waals surface area contributed by atoms with Crippen LogP contribution in [0.4, 0.5) is 5.69 Å². The molecule has 2 aromatic rings. The van der Waals surface area contributed by atoms with Crippen LogP contribution in [0.3, 0.4) is 0 Å². The summed E-state index contributed by atoms with van der Waals surface area (Å²) >= 11 is 0. The summed E-state index contributed by atoms with van der Waals surface area (Å²) in [6, 6.07) is 15.8. The maximum Gasteiger partial charge on any atom is 0.269 e. The van der Waals surface area contributed by atoms with Crippen molar-refractivity contribution in [3.63, 3.8) is 0 Å². The molecule has 0 radical (unpaired) electrons. The fraction of sp³-hybridized carbons (Fsp3) is 0.316. The normalized spacial score (nSPS) is 17.6. The van der Waals surface area contributed by atoms with Gasteiger partial charge in [-0.25, -0.2) is 0 Å². The number of nitro benzene ring substituents is 1. The third kappa shape index (κ3) is 4.87. The second-order valence-electron chi connectivity index (χ2n) is 6.23. The van der Waals surface area contributed by atoms with Gasteiger partial charge in [-0.1, -0.05) is 30.3 Å². The van der Waals surface area contributed by atoms with E-state index in [0.717, 1.165) is 19.6 Å². The highest BCUT2D eigenvalue weighted by atomic mass is 16.6. The Balaban J connectivity index is 1.49. The summed E-state index contributed by atoms with van der Waals surface area (Å²) in [7, 11) is 0. The highest BCUT2D eigenvalue weighted by Crippen LogP contribution is 2.13. The van der Waals surface area contributed by atoms with Gasteiger partial charge in [-0.15, -0.1) is 0 Å². The topological polar surface area (TPSA) is 84.7 Å². The van der Waals surface area contributed by atoms with Crippen molar-refractivity contribution < 1.29 is 14.5 Å². The van der Waals surface area contributed by atoms with E-state index in [1.165, 1.54) is 29.8 Å². The van der Waals surface area contributed by atoms with Gasteiger partial charge in [0.1, 0.15) is 0 Å². The number of nitro groups is 1. The first-order valence-electron chi connectivity index (χ1n) is 8.52. The smallest absolute Gasteiger partial charge is 0.269 e. The number of nitrogens with one attached hydrogen (secondary N) is 1. The first kappa shape index (κ1) is 18.0. The Labute approximate surface area is 151 Å². The van der Waals surface area contributed by atoms with E-state index in [0.29, 0.717) is 18.7 Å². The molecule has 3 rings (SSSR count). The lowest BCUT2D eigenvalue weighted by Gasteiger charge is -2.33. The summed E-state index contributed by atoms with van der Waals surface area (Å²) in [4.78, 5) is 24.7. The average molecular weight is 355 g/mol. The monoisotopic (exact) mass is 355 g/mol. The molecule has 0 spiro atoms. The van der Waals surface area contributed by atoms with Crippen LogP contribution >= 0.6 is 0 Å². The van der Waals surface area contributed by atoms with Crippen molar-refractivity contribution in [1.29, 1.82) is 0 Å². The number of morpholine rings is 1. The van der Waals surface area contributed by atoms with Gasteiger partial charge in [-0.05, 0) is 17.7 Å². The lowest BCUT2D eigenvalue weighted by Crippen LogP contribution is -2.47. The van der Waals surface area contributed by atoms with Gasteiger partial charge in [-0.3, -0.25) is 19.8 Å². The summed E-state index contributed by atoms with van der Waals surface area (Å²) in [6.45, 7) is 3.50. The van der Waals surface area contributed by atoms with E-state index in [4.69, 9.17) is 4.74 Å². The highest BCUT2D eigenvalue weighted by Gasteiger charge is 2.21. The van der Waals surface area contributed by atoms with Crippen LogP contribution in [0.15, 0.2) is 54.6 Å². The average Bonchev–Trinajstić information content (AvgIpc) is 2.67. The minimum Gasteiger partial charge on any atom is -0.374 e. The molecule has 1 unspecified atom stereocenters. The number of carbonyl (C=O) groups is 1. The molecular weight excluding hydrogens is 334 g/mol. The van der Waals surface area contributed by atoms with E-state index in [1.54, 1.807) is 0 Å². The minimum absolute atomic E-state index is 0.0336. The van der Waals surface area contributed by atoms with Crippen LogP contribution in [0, 0.1) is 10.1 Å². The van der Waals surface area contributed by atoms with Crippen molar-refractivity contribution in [1.82, 2.24) is 10.2 Å². The fourth-order valence-electron chi connectivity index (χ4n) is 2.93. The van der Waals surface area contributed by atoms with Crippen LogP contribution in [0.1, 0.15) is 15.9 Å². The van der Waals surface area contributed by atoms with Crippen molar-refractivity contribution in [3.8, 4) is 0 Å². The summed E-state index contributed by atoms with van der Waals surface area (Å²) in [5.74, 6) is -0.260. The second-order valence-corrected chi connectivity index (χ2v) is 6.23. The first-order chi connectivity index (χ1) is 12.6. The molecule has 1 heterocycles. The molecule has 0 aromatic heterocycles. The quantitative estimate of drug-likeness (QED) is 0.634. The van der Waals surface area contributed by atoms with Gasteiger partial charge in [0, 0.05) is 43.9 Å². The molecule has 0 saturated carbocycles. The zero-order valence-electron chi connectivity index (χ0n) is 14.3. The Morgan fingerprint density at radius 1 is 1.19 bits per heavy atom. The lowest BCUT2D eigenvalue weighted by molar-refractivity contribution is -0.384. The van der Waals surface area contributed by atoms with Gasteiger partial charge in [-0.2, -0.15) is 0 Å². The van der Waals surface area contributed by atoms with Crippen LogP contribution in [-0.2, 0) is 11.3 Å². The summed E-state index contributed by atoms with van der Waals surface area (Å²) in [5, 5.41) is 13.5. The number of rotatable bonds is 6. The van der Waals surface area contributed by atoms with Crippen LogP contribution in [-0.4, -0.2) is 48.1 Å². The molecule has 1 aliphatic heterocycles. The lowest BCUT2D eigenvalue weighted by atomic mass is 10.1. The number of hydrogen-bond donors (Lipinski definition) is 1. The van der Waals surface area contributed by atoms with Crippen LogP contribution < -0.4 is 5.32 Å². The molecule has 1 amide bonds. The fourth-order valence-corrected chi connectivity index (χ4v) is 2.93. The van der Waals surface area contributed by atoms with Crippen molar-refractivity contribution in [2.75, 3.05) is 26.2 Å². The van der Waals surface area contributed by atoms with Gasteiger partial charge in [0.2, 0.25) is 0 Å². The number of benzene rings is 2. The van der Waals surface area contributed by atoms with E-state index in [9.17, 15) is 14.9 Å². The molecule has 7 nitrogen and oxygen atoms in total. The highest BCUT2D eigenvalue weighted by molar-refractivity contribution is 5.94. The van der Waals surface area contributed by atoms with Gasteiger partial charge >= 0.3 is 0 Å². The molecule has 0 aliphatic carbocycles. The molecular formula is C19H21N3O4. The summed E-state index contributed by atoms with van der Waals surface area (Å²) in [5.41, 5.74) is 1.62. The molecule has 26 heavy (non-hydrogen) atoms. The predicted octanol–water partition coefficient (Wildman–Crippen LogP) is 2.23. The van der Waals surface area contributed by atoms with Gasteiger partial charge in [0.15, 0.2) is 0 Å². The molecule has 136 valence electrons. The largest absolute Gasteiger partial charge is 0.374 e. The van der Waals surface area contributed by atoms with E-state index in [1.807, 2.05) is 18.2 Å². The number of amides is 1. The van der Waals surface area contributed by atoms with Gasteiger partial charge < -0.3 is 10.1 Å². The van der Waals surface area contributed by atoms with E-state index >= 15 is 0 Å². The van der Waals surface area contributed by atoms with Crippen molar-refractivity contribution in [3.05, 3.63) is 75.8 Å². The molecule has 1 atom stereocenters. The minimum atomic E-state index is -0.487. The summed E-state index contributed by atoms with van der Waals surface area (Å²) < 4.78 is 5.74. The number of carbonyl (C=O) groups excluding carboxylic acids is 1. The van der Waals surface area contributed by atoms with Gasteiger partial charge in [0.25, 0.3) is 11.6 Å². The standard InChI is InChI=1S/C19H21N3O4/c23-19(16-6-8-17(9-7-16)22(24)25)20-12-18-14-21(10-11-26-18)13-15-4-2-1-3-5-15/h1-9,18H,10-14H2,(H,20,23). The SMILES string of the molecule is O=C(NCC1CN(Cc2ccccc2)CCO1)c1ccc([N+](=O)[O-])cc1. The number of hydrogen-bond acceptors (Lipinski definition) is 5. The Kier molecular flexibility index (Phi) is 5.93. The van der Waals surface area contributed by atoms with Crippen molar-refractivity contribution in [2.24, 2.45) is 0 Å². The van der Waals surface area contributed by atoms with E-state index in [-0.39, 0.29) is 17.7 Å². The first-order valence-corrected chi connectivity index (χ1v) is 8.52. The number of nitrogens with zero attached hydrogens (tertiary/aromatic N) is 2. The van der Waals surface area contributed by atoms with Gasteiger partial charge in [0.05, 0.1) is 17.6 Å². The zero-order chi connectivity index (χ0) is 18.4. The molecule has 7 heteroatoms. The molecule has 2 aromatic carbocycles. The van der Waals surface area contributed by atoms with Crippen LogP contribution in [0.5, 0.6) is 0 Å². The molecule has 1 N–H and O–H groups in total. The Morgan fingerprint density at radius 2 is 1.92 bits per heavy atom. The maximum absolute atomic E-state index is 12.2.